The molecular formula is C20H24N4O2. The standard InChI is InChI=1S/C20H24N4O2/c1-13-18-15(20(25)21-14-8-5-3-4-6-9-14)12-16(17-10-7-11-26-17)22-19(18)24(2)23-13/h7,10-12,14H,3-6,8-9H2,1-2H3,(H,21,25). The first-order chi connectivity index (χ1) is 12.6. The Hall–Kier alpha value is -2.63. The number of amides is 1. The van der Waals surface area contributed by atoms with Gasteiger partial charge in [0.25, 0.3) is 5.91 Å². The summed E-state index contributed by atoms with van der Waals surface area (Å²) >= 11 is 0. The molecule has 0 spiro atoms. The number of hydrogen-bond acceptors (Lipinski definition) is 4. The van der Waals surface area contributed by atoms with Crippen molar-refractivity contribution in [2.75, 3.05) is 0 Å². The van der Waals surface area contributed by atoms with Gasteiger partial charge < -0.3 is 9.73 Å². The van der Waals surface area contributed by atoms with Crippen LogP contribution in [0.2, 0.25) is 0 Å². The lowest BCUT2D eigenvalue weighted by Gasteiger charge is -2.17. The van der Waals surface area contributed by atoms with E-state index in [1.807, 2.05) is 32.2 Å². The lowest BCUT2D eigenvalue weighted by Crippen LogP contribution is -2.34. The van der Waals surface area contributed by atoms with Gasteiger partial charge in [-0.2, -0.15) is 5.10 Å². The molecule has 3 heterocycles. The molecule has 6 heteroatoms. The summed E-state index contributed by atoms with van der Waals surface area (Å²) in [5.74, 6) is 0.600. The fraction of sp³-hybridized carbons (Fsp3) is 0.450. The fourth-order valence-electron chi connectivity index (χ4n) is 3.86. The molecule has 136 valence electrons. The number of carbonyl (C=O) groups is 1. The van der Waals surface area contributed by atoms with E-state index in [1.165, 1.54) is 25.7 Å². The summed E-state index contributed by atoms with van der Waals surface area (Å²) in [5.41, 5.74) is 2.78. The second-order valence-electron chi connectivity index (χ2n) is 7.10. The Morgan fingerprint density at radius 2 is 2.04 bits per heavy atom. The molecule has 1 aliphatic carbocycles. The first-order valence-electron chi connectivity index (χ1n) is 9.32. The lowest BCUT2D eigenvalue weighted by molar-refractivity contribution is 0.0935. The summed E-state index contributed by atoms with van der Waals surface area (Å²) < 4.78 is 7.21. The molecule has 0 saturated heterocycles. The van der Waals surface area contributed by atoms with E-state index in [0.29, 0.717) is 22.7 Å². The van der Waals surface area contributed by atoms with E-state index >= 15 is 0 Å². The van der Waals surface area contributed by atoms with Gasteiger partial charge >= 0.3 is 0 Å². The Kier molecular flexibility index (Phi) is 4.49. The van der Waals surface area contributed by atoms with Crippen molar-refractivity contribution in [1.82, 2.24) is 20.1 Å². The van der Waals surface area contributed by atoms with Gasteiger partial charge in [-0.3, -0.25) is 9.48 Å². The third kappa shape index (κ3) is 3.11. The molecule has 0 radical (unpaired) electrons. The van der Waals surface area contributed by atoms with E-state index in [-0.39, 0.29) is 11.9 Å². The van der Waals surface area contributed by atoms with Crippen LogP contribution < -0.4 is 5.32 Å². The number of carbonyl (C=O) groups excluding carboxylic acids is 1. The van der Waals surface area contributed by atoms with Gasteiger partial charge in [0.1, 0.15) is 5.69 Å². The molecule has 6 nitrogen and oxygen atoms in total. The van der Waals surface area contributed by atoms with Crippen molar-refractivity contribution in [1.29, 1.82) is 0 Å². The molecule has 1 aliphatic rings. The number of pyridine rings is 1. The number of nitrogens with one attached hydrogen (secondary N) is 1. The molecule has 0 bridgehead atoms. The largest absolute Gasteiger partial charge is 0.463 e. The molecule has 1 N–H and O–H groups in total. The average Bonchev–Trinajstić information content (AvgIpc) is 3.17. The van der Waals surface area contributed by atoms with Gasteiger partial charge in [0.2, 0.25) is 0 Å². The number of fused-ring (bicyclic) bond motifs is 1. The Morgan fingerprint density at radius 1 is 1.27 bits per heavy atom. The molecule has 3 aromatic heterocycles. The second kappa shape index (κ2) is 6.94. The molecule has 1 saturated carbocycles. The van der Waals surface area contributed by atoms with E-state index in [1.54, 1.807) is 10.9 Å². The zero-order valence-electron chi connectivity index (χ0n) is 15.3. The van der Waals surface area contributed by atoms with Crippen LogP contribution in [0.25, 0.3) is 22.5 Å². The van der Waals surface area contributed by atoms with Gasteiger partial charge in [-0.25, -0.2) is 4.98 Å². The summed E-state index contributed by atoms with van der Waals surface area (Å²) in [4.78, 5) is 17.8. The highest BCUT2D eigenvalue weighted by atomic mass is 16.3. The van der Waals surface area contributed by atoms with Gasteiger partial charge in [-0.05, 0) is 38.0 Å². The Bertz CT molecular complexity index is 919. The van der Waals surface area contributed by atoms with E-state index in [0.717, 1.165) is 23.9 Å². The topological polar surface area (TPSA) is 73.0 Å². The van der Waals surface area contributed by atoms with E-state index in [4.69, 9.17) is 4.42 Å². The zero-order valence-corrected chi connectivity index (χ0v) is 15.3. The van der Waals surface area contributed by atoms with Crippen LogP contribution in [0.4, 0.5) is 0 Å². The molecular weight excluding hydrogens is 328 g/mol. The third-order valence-corrected chi connectivity index (χ3v) is 5.18. The molecule has 0 aliphatic heterocycles. The second-order valence-corrected chi connectivity index (χ2v) is 7.10. The van der Waals surface area contributed by atoms with E-state index in [9.17, 15) is 4.79 Å². The van der Waals surface area contributed by atoms with E-state index in [2.05, 4.69) is 15.4 Å². The first-order valence-corrected chi connectivity index (χ1v) is 9.32. The molecule has 4 rings (SSSR count). The summed E-state index contributed by atoms with van der Waals surface area (Å²) in [6.07, 6.45) is 8.60. The van der Waals surface area contributed by atoms with Crippen LogP contribution >= 0.6 is 0 Å². The van der Waals surface area contributed by atoms with Crippen LogP contribution in [0.1, 0.15) is 54.6 Å². The number of rotatable bonds is 3. The minimum absolute atomic E-state index is 0.0480. The van der Waals surface area contributed by atoms with Crippen molar-refractivity contribution < 1.29 is 9.21 Å². The van der Waals surface area contributed by atoms with Crippen molar-refractivity contribution >= 4 is 16.9 Å². The maximum Gasteiger partial charge on any atom is 0.252 e. The molecule has 1 fully saturated rings. The predicted octanol–water partition coefficient (Wildman–Crippen LogP) is 3.99. The quantitative estimate of drug-likeness (QED) is 0.723. The Morgan fingerprint density at radius 3 is 2.73 bits per heavy atom. The van der Waals surface area contributed by atoms with Crippen LogP contribution in [0.15, 0.2) is 28.9 Å². The van der Waals surface area contributed by atoms with Gasteiger partial charge in [-0.1, -0.05) is 25.7 Å². The highest BCUT2D eigenvalue weighted by molar-refractivity contribution is 6.07. The zero-order chi connectivity index (χ0) is 18.1. The van der Waals surface area contributed by atoms with Gasteiger partial charge in [0, 0.05) is 13.1 Å². The van der Waals surface area contributed by atoms with Crippen molar-refractivity contribution in [3.8, 4) is 11.5 Å². The monoisotopic (exact) mass is 352 g/mol. The molecule has 1 amide bonds. The Labute approximate surface area is 152 Å². The van der Waals surface area contributed by atoms with Crippen LogP contribution in [0.5, 0.6) is 0 Å². The van der Waals surface area contributed by atoms with Crippen molar-refractivity contribution in [2.45, 2.75) is 51.5 Å². The first kappa shape index (κ1) is 16.8. The molecule has 0 atom stereocenters. The van der Waals surface area contributed by atoms with E-state index < -0.39 is 0 Å². The number of nitrogens with zero attached hydrogens (tertiary/aromatic N) is 3. The highest BCUT2D eigenvalue weighted by Gasteiger charge is 2.22. The lowest BCUT2D eigenvalue weighted by atomic mass is 10.1. The minimum Gasteiger partial charge on any atom is -0.463 e. The minimum atomic E-state index is -0.0480. The highest BCUT2D eigenvalue weighted by Crippen LogP contribution is 2.27. The van der Waals surface area contributed by atoms with Gasteiger partial charge in [-0.15, -0.1) is 0 Å². The SMILES string of the molecule is Cc1nn(C)c2nc(-c3ccco3)cc(C(=O)NC3CCCCCC3)c12. The van der Waals surface area contributed by atoms with Crippen molar-refractivity contribution in [2.24, 2.45) is 7.05 Å². The maximum atomic E-state index is 13.1. The number of hydrogen-bond donors (Lipinski definition) is 1. The Balaban J connectivity index is 1.75. The number of furan rings is 1. The average molecular weight is 352 g/mol. The fourth-order valence-corrected chi connectivity index (χ4v) is 3.86. The van der Waals surface area contributed by atoms with Crippen LogP contribution in [-0.2, 0) is 7.05 Å². The molecule has 0 unspecified atom stereocenters. The summed E-state index contributed by atoms with van der Waals surface area (Å²) in [6, 6.07) is 5.74. The van der Waals surface area contributed by atoms with Gasteiger partial charge in [0.05, 0.1) is 22.9 Å². The van der Waals surface area contributed by atoms with Gasteiger partial charge in [0.15, 0.2) is 11.4 Å². The van der Waals surface area contributed by atoms with Crippen LogP contribution in [0.3, 0.4) is 0 Å². The normalized spacial score (nSPS) is 15.9. The smallest absolute Gasteiger partial charge is 0.252 e. The molecule has 26 heavy (non-hydrogen) atoms. The maximum absolute atomic E-state index is 13.1. The number of aryl methyl sites for hydroxylation is 2. The van der Waals surface area contributed by atoms with Crippen molar-refractivity contribution in [3.05, 3.63) is 35.7 Å². The summed E-state index contributed by atoms with van der Waals surface area (Å²) in [7, 11) is 1.85. The molecule has 0 aromatic carbocycles. The summed E-state index contributed by atoms with van der Waals surface area (Å²) in [6.45, 7) is 1.92. The number of aromatic nitrogens is 3. The van der Waals surface area contributed by atoms with Crippen molar-refractivity contribution in [3.63, 3.8) is 0 Å². The molecule has 3 aromatic rings. The van der Waals surface area contributed by atoms with Crippen LogP contribution in [0, 0.1) is 6.92 Å². The summed E-state index contributed by atoms with van der Waals surface area (Å²) in [5, 5.41) is 8.52. The predicted molar refractivity (Wildman–Crippen MR) is 99.9 cm³/mol. The van der Waals surface area contributed by atoms with Crippen LogP contribution in [-0.4, -0.2) is 26.7 Å². The third-order valence-electron chi connectivity index (χ3n) is 5.18.